The molecule has 0 bridgehead atoms. The van der Waals surface area contributed by atoms with Crippen LogP contribution in [0.25, 0.3) is 0 Å². The monoisotopic (exact) mass is 1790 g/mol. The van der Waals surface area contributed by atoms with Crippen LogP contribution in [0, 0.1) is 0 Å². The summed E-state index contributed by atoms with van der Waals surface area (Å²) in [5.41, 5.74) is 52.7. The third-order valence-corrected chi connectivity index (χ3v) is 19.5. The number of carbonyl (C=O) groups excluding carboxylic acids is 17. The first-order chi connectivity index (χ1) is 60.8. The van der Waals surface area contributed by atoms with Crippen molar-refractivity contribution in [1.82, 2.24) is 120 Å². The second-order valence-corrected chi connectivity index (χ2v) is 29.9. The fourth-order valence-electron chi connectivity index (χ4n) is 12.6. The van der Waals surface area contributed by atoms with Crippen molar-refractivity contribution in [3.05, 3.63) is 72.9 Å². The number of carboxylic acid groups (broad SMARTS) is 1. The highest BCUT2D eigenvalue weighted by Gasteiger charge is 2.37. The first-order valence-electron chi connectivity index (χ1n) is 41.9. The van der Waals surface area contributed by atoms with Crippen molar-refractivity contribution in [2.24, 2.45) is 51.6 Å². The van der Waals surface area contributed by atoms with Gasteiger partial charge in [-0.05, 0) is 148 Å². The van der Waals surface area contributed by atoms with Gasteiger partial charge in [0.05, 0.1) is 70.4 Å². The van der Waals surface area contributed by atoms with Gasteiger partial charge < -0.3 is 156 Å². The number of nitrogens with two attached hydrogens (primary N) is 9. The molecule has 0 unspecified atom stereocenters. The van der Waals surface area contributed by atoms with E-state index in [9.17, 15) is 91.4 Å². The Labute approximate surface area is 731 Å². The zero-order valence-corrected chi connectivity index (χ0v) is 70.9. The number of H-pyrrole nitrogens is 4. The molecule has 0 radical (unpaired) electrons. The van der Waals surface area contributed by atoms with Gasteiger partial charge >= 0.3 is 5.97 Å². The Balaban J connectivity index is 1.48. The fraction of sp³-hybridized carbons (Fsp3) is 0.605. The van der Waals surface area contributed by atoms with Gasteiger partial charge in [0.2, 0.25) is 100 Å². The molecule has 4 heterocycles. The van der Waals surface area contributed by atoms with Gasteiger partial charge in [-0.3, -0.25) is 81.5 Å². The second-order valence-electron chi connectivity index (χ2n) is 29.9. The summed E-state index contributed by atoms with van der Waals surface area (Å²) in [5, 5.41) is 46.9. The summed E-state index contributed by atoms with van der Waals surface area (Å²) in [5.74, 6) is -17.6. The van der Waals surface area contributed by atoms with E-state index in [1.807, 2.05) is 0 Å². The largest absolute Gasteiger partial charge is 0.480 e. The lowest BCUT2D eigenvalue weighted by atomic mass is 10.0. The van der Waals surface area contributed by atoms with Crippen LogP contribution in [-0.2, 0) is 112 Å². The number of primary amides is 2. The van der Waals surface area contributed by atoms with E-state index in [1.165, 1.54) is 50.1 Å². The fourth-order valence-corrected chi connectivity index (χ4v) is 12.6. The topological polar surface area (TPSA) is 857 Å². The van der Waals surface area contributed by atoms with Crippen LogP contribution in [0.1, 0.15) is 151 Å². The number of carboxylic acids is 1. The van der Waals surface area contributed by atoms with E-state index >= 15 is 0 Å². The highest BCUT2D eigenvalue weighted by Crippen LogP contribution is 2.13. The number of amides is 17. The van der Waals surface area contributed by atoms with Gasteiger partial charge in [0, 0.05) is 73.2 Å². The quantitative estimate of drug-likeness (QED) is 0.0183. The summed E-state index contributed by atoms with van der Waals surface area (Å²) in [6.45, 7) is -1.86. The summed E-state index contributed by atoms with van der Waals surface area (Å²) < 4.78 is 0. The van der Waals surface area contributed by atoms with E-state index in [-0.39, 0.29) is 123 Å². The molecule has 4 aromatic rings. The minimum absolute atomic E-state index is 0.0354. The molecular weight excluding hydrogens is 1670 g/mol. The number of nitrogens with one attached hydrogen (secondary N) is 19. The number of carbonyl (C=O) groups is 18. The van der Waals surface area contributed by atoms with Crippen molar-refractivity contribution in [3.8, 4) is 0 Å². The molecule has 0 spiro atoms. The SMILES string of the molecule is NCCCC[C@H](NC(=O)CNC(=O)[C@H](CCCCN)NC(=O)[C@H](CC(N)=O)NC(=O)[C@H](CCCCN)NC(=O)[C@H](Cc1cnc[nH]1)NC(=O)[C@H](CCCCN)NC(=O)CNC(=O)[C@H](Cc1cnc[nH]1)NC(=O)CNC(=O)[C@H](Cc1cnc[nH]1)NC(=O)CNC(=O)[C@H](Cc1cnc[nH]1)NC(=O)[C@@H](N)CCCCN)C(=O)N[C@@H](CCCCN)C(=O)N[C@@H](CC(N)=O)C(=O)O. The molecule has 4 aromatic heterocycles. The van der Waals surface area contributed by atoms with Gasteiger partial charge in [-0.25, -0.2) is 24.7 Å². The molecule has 0 aliphatic heterocycles. The molecule has 0 aliphatic rings. The summed E-state index contributed by atoms with van der Waals surface area (Å²) in [4.78, 5) is 272. The van der Waals surface area contributed by atoms with Gasteiger partial charge in [0.15, 0.2) is 0 Å². The van der Waals surface area contributed by atoms with Crippen molar-refractivity contribution in [3.63, 3.8) is 0 Å². The molecule has 704 valence electrons. The Morgan fingerprint density at radius 1 is 0.276 bits per heavy atom. The van der Waals surface area contributed by atoms with E-state index in [0.29, 0.717) is 80.7 Å². The van der Waals surface area contributed by atoms with Crippen molar-refractivity contribution in [2.75, 3.05) is 65.4 Å². The Hall–Kier alpha value is -13.0. The Bertz CT molecular complexity index is 4120. The molecule has 12 atom stereocenters. The van der Waals surface area contributed by atoms with Crippen molar-refractivity contribution < 1.29 is 91.4 Å². The number of hydrogen-bond acceptors (Lipinski definition) is 29. The normalized spacial score (nSPS) is 13.9. The molecule has 0 aromatic carbocycles. The van der Waals surface area contributed by atoms with Crippen LogP contribution in [-0.4, -0.2) is 289 Å². The third kappa shape index (κ3) is 42.5. The molecule has 0 aliphatic carbocycles. The number of unbranched alkanes of at least 4 members (excludes halogenated alkanes) is 6. The van der Waals surface area contributed by atoms with Crippen LogP contribution in [0.15, 0.2) is 50.1 Å². The summed E-state index contributed by atoms with van der Waals surface area (Å²) in [6, 6.07) is -17.4. The molecule has 127 heavy (non-hydrogen) atoms. The molecule has 0 fully saturated rings. The minimum Gasteiger partial charge on any atom is -0.480 e. The number of nitrogens with zero attached hydrogens (tertiary/aromatic N) is 4. The Kier molecular flexibility index (Phi) is 50.1. The number of hydrogen-bond donors (Lipinski definition) is 29. The molecule has 51 nitrogen and oxygen atoms in total. The summed E-state index contributed by atoms with van der Waals surface area (Å²) in [7, 11) is 0. The summed E-state index contributed by atoms with van der Waals surface area (Å²) in [6.07, 6.45) is 12.3. The number of aliphatic carboxylic acids is 1. The highest BCUT2D eigenvalue weighted by atomic mass is 16.4. The smallest absolute Gasteiger partial charge is 0.326 e. The maximum Gasteiger partial charge on any atom is 0.326 e. The third-order valence-electron chi connectivity index (χ3n) is 19.5. The molecule has 17 amide bonds. The van der Waals surface area contributed by atoms with E-state index < -0.39 is 218 Å². The van der Waals surface area contributed by atoms with E-state index in [2.05, 4.69) is 120 Å². The highest BCUT2D eigenvalue weighted by molar-refractivity contribution is 6.01. The minimum atomic E-state index is -1.84. The number of rotatable bonds is 67. The molecule has 4 rings (SSSR count). The maximum atomic E-state index is 14.7. The van der Waals surface area contributed by atoms with Crippen LogP contribution in [0.5, 0.6) is 0 Å². The second kappa shape index (κ2) is 59.8. The van der Waals surface area contributed by atoms with E-state index in [1.54, 1.807) is 0 Å². The molecule has 0 saturated carbocycles. The average Bonchev–Trinajstić information content (AvgIpc) is 1.27. The number of aromatic nitrogens is 8. The molecule has 51 heteroatoms. The molecule has 38 N–H and O–H groups in total. The van der Waals surface area contributed by atoms with Crippen LogP contribution in [0.3, 0.4) is 0 Å². The van der Waals surface area contributed by atoms with Crippen LogP contribution in [0.4, 0.5) is 0 Å². The maximum absolute atomic E-state index is 14.7. The van der Waals surface area contributed by atoms with Crippen molar-refractivity contribution in [2.45, 2.75) is 227 Å². The predicted molar refractivity (Wildman–Crippen MR) is 453 cm³/mol. The van der Waals surface area contributed by atoms with Crippen LogP contribution in [0.2, 0.25) is 0 Å². The average molecular weight is 1790 g/mol. The standard InChI is InChI=1S/C76H126N32O19/c77-19-7-1-13-47(83)65(115)105-55(27-45-33-88-41-96-45)69(119)93-38-64(114)101-54(26-44-32-87-40-95-44)68(118)92-37-63(113)100-53(25-43-31-86-39-94-43)67(117)91-36-62(112)99-50(16-4-10-22-80)71(121)106-56(28-46-34-89-42-97-46)74(124)104-51(17-5-11-23-81)72(122)107-57(29-59(84)109)75(125)102-48(14-2-8-20-78)66(116)90-35-61(111)98-49(15-3-9-21-79)70(120)103-52(18-6-12-24-82)73(123)108-58(76(126)127)30-60(85)110/h31-34,39-42,47-58H,1-30,35-38,77-83H2,(H2,84,109)(H2,85,110)(H,86,94)(H,87,95)(H,88,96)(H,89,97)(H,90,116)(H,91,117)(H,92,118)(H,93,119)(H,98,111)(H,99,112)(H,100,113)(H,101,114)(H,102,125)(H,103,120)(H,104,124)(H,105,115)(H,106,121)(H,107,122)(H,108,123)(H,126,127)/t47-,48-,49-,50-,51-,52-,53-,54-,55-,56-,57-,58-/m0/s1. The summed E-state index contributed by atoms with van der Waals surface area (Å²) >= 11 is 0. The molecular formula is C76H126N32O19. The Morgan fingerprint density at radius 3 is 0.772 bits per heavy atom. The van der Waals surface area contributed by atoms with Gasteiger partial charge in [-0.15, -0.1) is 0 Å². The first kappa shape index (κ1) is 106. The van der Waals surface area contributed by atoms with Crippen molar-refractivity contribution >= 4 is 106 Å². The van der Waals surface area contributed by atoms with E-state index in [4.69, 9.17) is 51.6 Å². The van der Waals surface area contributed by atoms with Gasteiger partial charge in [0.1, 0.15) is 66.5 Å². The number of aromatic amines is 4. The first-order valence-corrected chi connectivity index (χ1v) is 41.9. The lowest BCUT2D eigenvalue weighted by Gasteiger charge is -2.27. The number of imidazole rings is 4. The van der Waals surface area contributed by atoms with Crippen LogP contribution >= 0.6 is 0 Å². The zero-order valence-electron chi connectivity index (χ0n) is 70.9. The van der Waals surface area contributed by atoms with Gasteiger partial charge in [-0.1, -0.05) is 6.42 Å². The Morgan fingerprint density at radius 2 is 0.488 bits per heavy atom. The predicted octanol–water partition coefficient (Wildman–Crippen LogP) is -11.4. The van der Waals surface area contributed by atoms with E-state index in [0.717, 1.165) is 0 Å². The van der Waals surface area contributed by atoms with Crippen molar-refractivity contribution in [1.29, 1.82) is 0 Å². The zero-order chi connectivity index (χ0) is 93.6. The van der Waals surface area contributed by atoms with Crippen LogP contribution < -0.4 is 131 Å². The lowest BCUT2D eigenvalue weighted by molar-refractivity contribution is -0.143. The lowest BCUT2D eigenvalue weighted by Crippen LogP contribution is -2.60. The van der Waals surface area contributed by atoms with Gasteiger partial charge in [-0.2, -0.15) is 0 Å². The molecule has 0 saturated heterocycles. The van der Waals surface area contributed by atoms with Gasteiger partial charge in [0.25, 0.3) is 0 Å².